The van der Waals surface area contributed by atoms with Crippen molar-refractivity contribution in [2.24, 2.45) is 0 Å². The number of pyridine rings is 1. The Morgan fingerprint density at radius 1 is 1.50 bits per heavy atom. The quantitative estimate of drug-likeness (QED) is 0.781. The first-order valence-corrected chi connectivity index (χ1v) is 4.76. The lowest BCUT2D eigenvalue weighted by Gasteiger charge is -2.03. The Kier molecular flexibility index (Phi) is 2.14. The third kappa shape index (κ3) is 1.45. The number of aromatic nitrogens is 3. The molecule has 0 saturated heterocycles. The van der Waals surface area contributed by atoms with Gasteiger partial charge in [-0.3, -0.25) is 0 Å². The highest BCUT2D eigenvalue weighted by Gasteiger charge is 2.09. The van der Waals surface area contributed by atoms with Crippen LogP contribution in [-0.4, -0.2) is 28.7 Å². The molecule has 0 amide bonds. The zero-order chi connectivity index (χ0) is 10.3. The Morgan fingerprint density at radius 3 is 2.86 bits per heavy atom. The van der Waals surface area contributed by atoms with Gasteiger partial charge in [0.15, 0.2) is 11.5 Å². The van der Waals surface area contributed by atoms with Crippen LogP contribution in [0.5, 0.6) is 0 Å². The fourth-order valence-corrected chi connectivity index (χ4v) is 1.49. The largest absolute Gasteiger partial charge is 0.346 e. The maximum absolute atomic E-state index is 13.4. The summed E-state index contributed by atoms with van der Waals surface area (Å²) in [7, 11) is 3.61. The summed E-state index contributed by atoms with van der Waals surface area (Å²) in [4.78, 5) is 5.76. The summed E-state index contributed by atoms with van der Waals surface area (Å²) in [5.74, 6) is 0.0991. The Morgan fingerprint density at radius 2 is 2.21 bits per heavy atom. The van der Waals surface area contributed by atoms with Gasteiger partial charge in [0.1, 0.15) is 0 Å². The van der Waals surface area contributed by atoms with E-state index in [1.54, 1.807) is 11.1 Å². The van der Waals surface area contributed by atoms with Crippen LogP contribution in [0, 0.1) is 5.82 Å². The molecular weight excluding hydrogens is 251 g/mol. The zero-order valence-corrected chi connectivity index (χ0v) is 9.29. The van der Waals surface area contributed by atoms with Gasteiger partial charge in [0.05, 0.1) is 0 Å². The Labute approximate surface area is 88.5 Å². The molecule has 0 aliphatic heterocycles. The molecule has 0 bridgehead atoms. The lowest BCUT2D eigenvalue weighted by Crippen LogP contribution is -2.10. The van der Waals surface area contributed by atoms with E-state index in [-0.39, 0.29) is 11.5 Å². The van der Waals surface area contributed by atoms with Gasteiger partial charge in [-0.1, -0.05) is 0 Å². The topological polar surface area (TPSA) is 33.4 Å². The normalized spacial score (nSPS) is 10.9. The van der Waals surface area contributed by atoms with E-state index in [1.807, 2.05) is 14.1 Å². The molecule has 14 heavy (non-hydrogen) atoms. The van der Waals surface area contributed by atoms with E-state index in [0.717, 1.165) is 0 Å². The molecule has 0 N–H and O–H groups in total. The van der Waals surface area contributed by atoms with Crippen molar-refractivity contribution in [3.05, 3.63) is 22.6 Å². The SMILES string of the molecule is CN(C)c1nc2c(F)cc(Br)cn2n1. The lowest BCUT2D eigenvalue weighted by atomic mass is 10.5. The van der Waals surface area contributed by atoms with Crippen LogP contribution in [0.15, 0.2) is 16.7 Å². The molecular formula is C8H8BrFN4. The van der Waals surface area contributed by atoms with Crippen molar-refractivity contribution < 1.29 is 4.39 Å². The second-order valence-electron chi connectivity index (χ2n) is 3.08. The smallest absolute Gasteiger partial charge is 0.245 e. The molecule has 0 aliphatic rings. The van der Waals surface area contributed by atoms with E-state index in [0.29, 0.717) is 10.4 Å². The van der Waals surface area contributed by atoms with Crippen molar-refractivity contribution in [2.75, 3.05) is 19.0 Å². The van der Waals surface area contributed by atoms with Gasteiger partial charge in [-0.2, -0.15) is 4.98 Å². The van der Waals surface area contributed by atoms with Gasteiger partial charge < -0.3 is 4.90 Å². The van der Waals surface area contributed by atoms with E-state index in [9.17, 15) is 4.39 Å². The summed E-state index contributed by atoms with van der Waals surface area (Å²) in [6.45, 7) is 0. The van der Waals surface area contributed by atoms with Crippen molar-refractivity contribution in [3.63, 3.8) is 0 Å². The van der Waals surface area contributed by atoms with E-state index < -0.39 is 0 Å². The molecule has 2 aromatic heterocycles. The van der Waals surface area contributed by atoms with E-state index in [1.165, 1.54) is 10.6 Å². The lowest BCUT2D eigenvalue weighted by molar-refractivity contribution is 0.626. The van der Waals surface area contributed by atoms with Gasteiger partial charge in [-0.05, 0) is 22.0 Å². The van der Waals surface area contributed by atoms with Crippen molar-refractivity contribution in [1.82, 2.24) is 14.6 Å². The highest BCUT2D eigenvalue weighted by Crippen LogP contribution is 2.16. The van der Waals surface area contributed by atoms with Gasteiger partial charge in [-0.25, -0.2) is 8.91 Å². The van der Waals surface area contributed by atoms with Crippen LogP contribution >= 0.6 is 15.9 Å². The molecule has 74 valence electrons. The Bertz CT molecular complexity index is 479. The third-order valence-corrected chi connectivity index (χ3v) is 2.18. The molecule has 0 aromatic carbocycles. The minimum absolute atomic E-state index is 0.233. The van der Waals surface area contributed by atoms with Gasteiger partial charge in [-0.15, -0.1) is 5.10 Å². The van der Waals surface area contributed by atoms with Gasteiger partial charge in [0.2, 0.25) is 5.95 Å². The highest BCUT2D eigenvalue weighted by atomic mass is 79.9. The fraction of sp³-hybridized carbons (Fsp3) is 0.250. The molecule has 0 aliphatic carbocycles. The molecule has 2 heterocycles. The summed E-state index contributed by atoms with van der Waals surface area (Å²) in [5, 5.41) is 4.10. The first-order valence-electron chi connectivity index (χ1n) is 3.96. The van der Waals surface area contributed by atoms with Crippen molar-refractivity contribution in [1.29, 1.82) is 0 Å². The molecule has 0 unspecified atom stereocenters. The number of nitrogens with zero attached hydrogens (tertiary/aromatic N) is 4. The first-order chi connectivity index (χ1) is 6.58. The molecule has 0 atom stereocenters. The average Bonchev–Trinajstić information content (AvgIpc) is 2.47. The Balaban J connectivity index is 2.70. The van der Waals surface area contributed by atoms with Gasteiger partial charge >= 0.3 is 0 Å². The molecule has 4 nitrogen and oxygen atoms in total. The van der Waals surface area contributed by atoms with Crippen LogP contribution in [0.4, 0.5) is 10.3 Å². The van der Waals surface area contributed by atoms with E-state index in [2.05, 4.69) is 26.0 Å². The van der Waals surface area contributed by atoms with Gasteiger partial charge in [0.25, 0.3) is 0 Å². The van der Waals surface area contributed by atoms with Crippen LogP contribution in [0.25, 0.3) is 5.65 Å². The molecule has 2 aromatic rings. The highest BCUT2D eigenvalue weighted by molar-refractivity contribution is 9.10. The van der Waals surface area contributed by atoms with E-state index >= 15 is 0 Å². The van der Waals surface area contributed by atoms with Crippen molar-refractivity contribution in [3.8, 4) is 0 Å². The number of halogens is 2. The van der Waals surface area contributed by atoms with Crippen LogP contribution in [-0.2, 0) is 0 Å². The monoisotopic (exact) mass is 258 g/mol. The summed E-state index contributed by atoms with van der Waals surface area (Å²) in [6.07, 6.45) is 1.67. The second kappa shape index (κ2) is 3.20. The van der Waals surface area contributed by atoms with E-state index in [4.69, 9.17) is 0 Å². The molecule has 0 saturated carbocycles. The predicted molar refractivity (Wildman–Crippen MR) is 55.0 cm³/mol. The maximum atomic E-state index is 13.4. The summed E-state index contributed by atoms with van der Waals surface area (Å²) >= 11 is 3.19. The standard InChI is InChI=1S/C8H8BrFN4/c1-13(2)8-11-7-6(10)3-5(9)4-14(7)12-8/h3-4H,1-2H3. The van der Waals surface area contributed by atoms with Crippen molar-refractivity contribution in [2.45, 2.75) is 0 Å². The van der Waals surface area contributed by atoms with Crippen LogP contribution in [0.2, 0.25) is 0 Å². The van der Waals surface area contributed by atoms with Crippen LogP contribution < -0.4 is 4.90 Å². The third-order valence-electron chi connectivity index (χ3n) is 1.74. The number of rotatable bonds is 1. The second-order valence-corrected chi connectivity index (χ2v) is 4.00. The average molecular weight is 259 g/mol. The summed E-state index contributed by atoms with van der Waals surface area (Å²) < 4.78 is 15.4. The fourth-order valence-electron chi connectivity index (χ4n) is 1.09. The van der Waals surface area contributed by atoms with Crippen LogP contribution in [0.1, 0.15) is 0 Å². The molecule has 0 spiro atoms. The van der Waals surface area contributed by atoms with Crippen molar-refractivity contribution >= 4 is 27.5 Å². The number of hydrogen-bond acceptors (Lipinski definition) is 3. The number of anilines is 1. The molecule has 2 rings (SSSR count). The number of hydrogen-bond donors (Lipinski definition) is 0. The first kappa shape index (κ1) is 9.39. The molecule has 0 radical (unpaired) electrons. The summed E-state index contributed by atoms with van der Waals surface area (Å²) in [6, 6.07) is 1.36. The zero-order valence-electron chi connectivity index (χ0n) is 7.70. The minimum atomic E-state index is -0.389. The summed E-state index contributed by atoms with van der Waals surface area (Å²) in [5.41, 5.74) is 0.233. The maximum Gasteiger partial charge on any atom is 0.245 e. The molecule has 6 heteroatoms. The Hall–Kier alpha value is -1.17. The molecule has 0 fully saturated rings. The van der Waals surface area contributed by atoms with Crippen LogP contribution in [0.3, 0.4) is 0 Å². The number of fused-ring (bicyclic) bond motifs is 1. The van der Waals surface area contributed by atoms with Gasteiger partial charge in [0, 0.05) is 24.8 Å². The minimum Gasteiger partial charge on any atom is -0.346 e. The predicted octanol–water partition coefficient (Wildman–Crippen LogP) is 1.70.